The van der Waals surface area contributed by atoms with E-state index in [2.05, 4.69) is 45.0 Å². The number of nitrogens with zero attached hydrogens (tertiary/aromatic N) is 2. The van der Waals surface area contributed by atoms with Crippen LogP contribution in [0.15, 0.2) is 42.5 Å². The Balaban J connectivity index is 2.54. The molecule has 20 heavy (non-hydrogen) atoms. The molecule has 0 aliphatic heterocycles. The molecule has 0 aromatic heterocycles. The second-order valence-electron chi connectivity index (χ2n) is 5.78. The van der Waals surface area contributed by atoms with Crippen molar-refractivity contribution in [3.63, 3.8) is 0 Å². The molecule has 0 unspecified atom stereocenters. The summed E-state index contributed by atoms with van der Waals surface area (Å²) in [5.41, 5.74) is 3.99. The Morgan fingerprint density at radius 2 is 1.50 bits per heavy atom. The number of hydrogen-bond acceptors (Lipinski definition) is 2. The Kier molecular flexibility index (Phi) is 3.59. The fourth-order valence-electron chi connectivity index (χ4n) is 2.16. The van der Waals surface area contributed by atoms with Crippen LogP contribution in [0.1, 0.15) is 37.5 Å². The van der Waals surface area contributed by atoms with Crippen molar-refractivity contribution in [1.82, 2.24) is 0 Å². The number of nitriles is 2. The predicted octanol–water partition coefficient (Wildman–Crippen LogP) is 4.39. The molecule has 0 amide bonds. The van der Waals surface area contributed by atoms with Crippen molar-refractivity contribution in [3.05, 3.63) is 59.2 Å². The summed E-state index contributed by atoms with van der Waals surface area (Å²) in [5.74, 6) is 0. The number of rotatable bonds is 1. The third kappa shape index (κ3) is 2.56. The Bertz CT molecular complexity index is 705. The standard InChI is InChI=1S/C18H16N2/c1-18(2,3)15-9-7-13(8-10-15)16-6-4-5-14(11-19)17(16)12-20/h4-10H,1-3H3. The van der Waals surface area contributed by atoms with E-state index in [0.29, 0.717) is 11.1 Å². The summed E-state index contributed by atoms with van der Waals surface area (Å²) in [6, 6.07) is 17.8. The van der Waals surface area contributed by atoms with E-state index in [1.54, 1.807) is 6.07 Å². The Labute approximate surface area is 119 Å². The normalized spacial score (nSPS) is 10.7. The van der Waals surface area contributed by atoms with Crippen LogP contribution in [0.5, 0.6) is 0 Å². The molecule has 0 bridgehead atoms. The number of hydrogen-bond donors (Lipinski definition) is 0. The van der Waals surface area contributed by atoms with Gasteiger partial charge in [-0.25, -0.2) is 0 Å². The summed E-state index contributed by atoms with van der Waals surface area (Å²) in [6.07, 6.45) is 0. The molecule has 0 atom stereocenters. The third-order valence-electron chi connectivity index (χ3n) is 3.36. The van der Waals surface area contributed by atoms with Crippen molar-refractivity contribution in [2.45, 2.75) is 26.2 Å². The van der Waals surface area contributed by atoms with Gasteiger partial charge in [0.15, 0.2) is 0 Å². The average molecular weight is 260 g/mol. The van der Waals surface area contributed by atoms with Gasteiger partial charge in [-0.05, 0) is 22.6 Å². The van der Waals surface area contributed by atoms with E-state index < -0.39 is 0 Å². The topological polar surface area (TPSA) is 47.6 Å². The summed E-state index contributed by atoms with van der Waals surface area (Å²) in [4.78, 5) is 0. The third-order valence-corrected chi connectivity index (χ3v) is 3.36. The van der Waals surface area contributed by atoms with E-state index >= 15 is 0 Å². The van der Waals surface area contributed by atoms with Gasteiger partial charge in [-0.1, -0.05) is 57.2 Å². The minimum Gasteiger partial charge on any atom is -0.192 e. The van der Waals surface area contributed by atoms with Crippen LogP contribution in [0.2, 0.25) is 0 Å². The van der Waals surface area contributed by atoms with E-state index in [0.717, 1.165) is 11.1 Å². The molecule has 2 heteroatoms. The first-order valence-corrected chi connectivity index (χ1v) is 6.51. The van der Waals surface area contributed by atoms with Gasteiger partial charge in [-0.2, -0.15) is 10.5 Å². The van der Waals surface area contributed by atoms with E-state index in [9.17, 15) is 5.26 Å². The quantitative estimate of drug-likeness (QED) is 0.763. The molecule has 0 spiro atoms. The lowest BCUT2D eigenvalue weighted by Crippen LogP contribution is -2.10. The molecular weight excluding hydrogens is 244 g/mol. The van der Waals surface area contributed by atoms with Gasteiger partial charge in [-0.3, -0.25) is 0 Å². The number of benzene rings is 2. The molecule has 98 valence electrons. The largest absolute Gasteiger partial charge is 0.192 e. The fourth-order valence-corrected chi connectivity index (χ4v) is 2.16. The lowest BCUT2D eigenvalue weighted by atomic mass is 9.86. The lowest BCUT2D eigenvalue weighted by Gasteiger charge is -2.19. The van der Waals surface area contributed by atoms with Crippen LogP contribution in [0.25, 0.3) is 11.1 Å². The minimum absolute atomic E-state index is 0.102. The van der Waals surface area contributed by atoms with Crippen LogP contribution < -0.4 is 0 Å². The summed E-state index contributed by atoms with van der Waals surface area (Å²) in [6.45, 7) is 6.50. The molecular formula is C18H16N2. The average Bonchev–Trinajstić information content (AvgIpc) is 2.45. The summed E-state index contributed by atoms with van der Waals surface area (Å²) >= 11 is 0. The monoisotopic (exact) mass is 260 g/mol. The maximum Gasteiger partial charge on any atom is 0.101 e. The van der Waals surface area contributed by atoms with Gasteiger partial charge >= 0.3 is 0 Å². The van der Waals surface area contributed by atoms with Crippen molar-refractivity contribution in [2.75, 3.05) is 0 Å². The zero-order valence-electron chi connectivity index (χ0n) is 11.9. The smallest absolute Gasteiger partial charge is 0.101 e. The van der Waals surface area contributed by atoms with Gasteiger partial charge in [0.25, 0.3) is 0 Å². The second kappa shape index (κ2) is 5.19. The molecule has 0 aliphatic rings. The van der Waals surface area contributed by atoms with Crippen LogP contribution in [0.3, 0.4) is 0 Å². The van der Waals surface area contributed by atoms with Crippen molar-refractivity contribution in [2.24, 2.45) is 0 Å². The predicted molar refractivity (Wildman–Crippen MR) is 80.0 cm³/mol. The first kappa shape index (κ1) is 13.8. The highest BCUT2D eigenvalue weighted by Crippen LogP contribution is 2.29. The molecule has 2 aromatic carbocycles. The molecule has 0 heterocycles. The second-order valence-corrected chi connectivity index (χ2v) is 5.78. The first-order chi connectivity index (χ1) is 9.47. The van der Waals surface area contributed by atoms with Crippen LogP contribution in [0.4, 0.5) is 0 Å². The van der Waals surface area contributed by atoms with Crippen molar-refractivity contribution in [1.29, 1.82) is 10.5 Å². The molecule has 0 saturated carbocycles. The van der Waals surface area contributed by atoms with E-state index in [1.165, 1.54) is 5.56 Å². The van der Waals surface area contributed by atoms with Crippen LogP contribution in [-0.2, 0) is 5.41 Å². The highest BCUT2D eigenvalue weighted by atomic mass is 14.3. The Morgan fingerprint density at radius 1 is 0.850 bits per heavy atom. The van der Waals surface area contributed by atoms with Gasteiger partial charge in [-0.15, -0.1) is 0 Å². The SMILES string of the molecule is CC(C)(C)c1ccc(-c2cccc(C#N)c2C#N)cc1. The molecule has 0 N–H and O–H groups in total. The van der Waals surface area contributed by atoms with Crippen molar-refractivity contribution in [3.8, 4) is 23.3 Å². The molecule has 0 aliphatic carbocycles. The fraction of sp³-hybridized carbons (Fsp3) is 0.222. The maximum absolute atomic E-state index is 9.27. The maximum atomic E-state index is 9.27. The van der Waals surface area contributed by atoms with Crippen molar-refractivity contribution >= 4 is 0 Å². The van der Waals surface area contributed by atoms with E-state index in [4.69, 9.17) is 5.26 Å². The first-order valence-electron chi connectivity index (χ1n) is 6.51. The zero-order chi connectivity index (χ0) is 14.8. The lowest BCUT2D eigenvalue weighted by molar-refractivity contribution is 0.590. The van der Waals surface area contributed by atoms with Gasteiger partial charge in [0.2, 0.25) is 0 Å². The zero-order valence-corrected chi connectivity index (χ0v) is 11.9. The molecule has 0 radical (unpaired) electrons. The Hall–Kier alpha value is -2.58. The van der Waals surface area contributed by atoms with Crippen LogP contribution in [-0.4, -0.2) is 0 Å². The van der Waals surface area contributed by atoms with Gasteiger partial charge in [0, 0.05) is 5.56 Å². The minimum atomic E-state index is 0.102. The van der Waals surface area contributed by atoms with Crippen LogP contribution >= 0.6 is 0 Å². The van der Waals surface area contributed by atoms with Gasteiger partial charge < -0.3 is 0 Å². The highest BCUT2D eigenvalue weighted by molar-refractivity contribution is 5.73. The van der Waals surface area contributed by atoms with E-state index in [-0.39, 0.29) is 5.41 Å². The van der Waals surface area contributed by atoms with Gasteiger partial charge in [0.1, 0.15) is 12.1 Å². The summed E-state index contributed by atoms with van der Waals surface area (Å²) in [5, 5.41) is 18.3. The molecule has 0 fully saturated rings. The van der Waals surface area contributed by atoms with Gasteiger partial charge in [0.05, 0.1) is 11.1 Å². The van der Waals surface area contributed by atoms with Crippen molar-refractivity contribution < 1.29 is 0 Å². The highest BCUT2D eigenvalue weighted by Gasteiger charge is 2.14. The Morgan fingerprint density at radius 3 is 2.00 bits per heavy atom. The summed E-state index contributed by atoms with van der Waals surface area (Å²) < 4.78 is 0. The molecule has 0 saturated heterocycles. The summed E-state index contributed by atoms with van der Waals surface area (Å²) in [7, 11) is 0. The molecule has 2 nitrogen and oxygen atoms in total. The molecule has 2 rings (SSSR count). The van der Waals surface area contributed by atoms with Crippen LogP contribution in [0, 0.1) is 22.7 Å². The van der Waals surface area contributed by atoms with E-state index in [1.807, 2.05) is 24.3 Å². The molecule has 2 aromatic rings.